The quantitative estimate of drug-likeness (QED) is 0.932. The Kier molecular flexibility index (Phi) is 4.00. The monoisotopic (exact) mass is 295 g/mol. The maximum atomic E-state index is 11.7. The van der Waals surface area contributed by atoms with Crippen molar-refractivity contribution >= 4 is 9.84 Å². The van der Waals surface area contributed by atoms with E-state index in [0.717, 1.165) is 0 Å². The second-order valence-electron chi connectivity index (χ2n) is 6.58. The molecule has 0 bridgehead atoms. The lowest BCUT2D eigenvalue weighted by Gasteiger charge is -2.30. The molecule has 1 aliphatic heterocycles. The zero-order valence-corrected chi connectivity index (χ0v) is 13.9. The highest BCUT2D eigenvalue weighted by atomic mass is 32.2. The van der Waals surface area contributed by atoms with E-state index in [1.165, 1.54) is 22.3 Å². The van der Waals surface area contributed by atoms with Crippen LogP contribution in [0, 0.1) is 20.8 Å². The molecule has 20 heavy (non-hydrogen) atoms. The third-order valence-electron chi connectivity index (χ3n) is 4.24. The molecule has 1 fully saturated rings. The lowest BCUT2D eigenvalue weighted by molar-refractivity contribution is 0.354. The first-order valence-corrected chi connectivity index (χ1v) is 9.00. The number of hydrogen-bond donors (Lipinski definition) is 1. The summed E-state index contributed by atoms with van der Waals surface area (Å²) in [4.78, 5) is 0. The molecule has 1 aromatic rings. The Balaban J connectivity index is 2.23. The Morgan fingerprint density at radius 3 is 2.20 bits per heavy atom. The number of nitrogens with one attached hydrogen (secondary N) is 1. The third kappa shape index (κ3) is 3.23. The predicted molar refractivity (Wildman–Crippen MR) is 83.9 cm³/mol. The molecule has 0 radical (unpaired) electrons. The Hall–Kier alpha value is -0.870. The summed E-state index contributed by atoms with van der Waals surface area (Å²) in [5, 5.41) is 3.55. The molecule has 1 heterocycles. The van der Waals surface area contributed by atoms with Gasteiger partial charge in [0.05, 0.1) is 11.5 Å². The van der Waals surface area contributed by atoms with Gasteiger partial charge in [0.1, 0.15) is 0 Å². The van der Waals surface area contributed by atoms with E-state index in [2.05, 4.69) is 45.1 Å². The predicted octanol–water partition coefficient (Wildman–Crippen LogP) is 2.84. The van der Waals surface area contributed by atoms with Gasteiger partial charge in [0.2, 0.25) is 0 Å². The fourth-order valence-electron chi connectivity index (χ4n) is 3.59. The van der Waals surface area contributed by atoms with Crippen LogP contribution in [0.1, 0.15) is 48.6 Å². The van der Waals surface area contributed by atoms with Crippen LogP contribution in [0.15, 0.2) is 12.1 Å². The molecule has 3 nitrogen and oxygen atoms in total. The Labute approximate surface area is 122 Å². The summed E-state index contributed by atoms with van der Waals surface area (Å²) >= 11 is 0. The third-order valence-corrected chi connectivity index (χ3v) is 6.14. The Bertz CT molecular complexity index is 598. The topological polar surface area (TPSA) is 46.2 Å². The molecule has 0 spiro atoms. The van der Waals surface area contributed by atoms with E-state index in [1.54, 1.807) is 0 Å². The van der Waals surface area contributed by atoms with Crippen LogP contribution >= 0.6 is 0 Å². The normalized spacial score (nSPS) is 26.6. The standard InChI is InChI=1S/C16H25NO2S/c1-11-8-12(2)15(13(3)9-11)14(4)17-16(5)6-7-20(18,19)10-16/h8-9,14,17H,6-7,10H2,1-5H3. The van der Waals surface area contributed by atoms with Gasteiger partial charge in [-0.2, -0.15) is 0 Å². The lowest BCUT2D eigenvalue weighted by atomic mass is 9.92. The number of hydrogen-bond acceptors (Lipinski definition) is 3. The molecule has 2 atom stereocenters. The van der Waals surface area contributed by atoms with Gasteiger partial charge in [-0.1, -0.05) is 17.7 Å². The van der Waals surface area contributed by atoms with Crippen LogP contribution in [0.25, 0.3) is 0 Å². The molecule has 0 saturated carbocycles. The summed E-state index contributed by atoms with van der Waals surface area (Å²) in [6.45, 7) is 10.5. The van der Waals surface area contributed by atoms with Crippen molar-refractivity contribution in [1.29, 1.82) is 0 Å². The molecule has 2 rings (SSSR count). The van der Waals surface area contributed by atoms with Crippen molar-refractivity contribution in [2.24, 2.45) is 0 Å². The zero-order valence-electron chi connectivity index (χ0n) is 13.1. The minimum Gasteiger partial charge on any atom is -0.304 e. The number of benzene rings is 1. The van der Waals surface area contributed by atoms with Crippen LogP contribution in [-0.2, 0) is 9.84 Å². The van der Waals surface area contributed by atoms with Crippen molar-refractivity contribution in [3.63, 3.8) is 0 Å². The average Bonchev–Trinajstić information content (AvgIpc) is 2.50. The van der Waals surface area contributed by atoms with E-state index in [0.29, 0.717) is 12.2 Å². The maximum absolute atomic E-state index is 11.7. The van der Waals surface area contributed by atoms with Gasteiger partial charge >= 0.3 is 0 Å². The molecule has 1 saturated heterocycles. The minimum atomic E-state index is -2.87. The second-order valence-corrected chi connectivity index (χ2v) is 8.77. The van der Waals surface area contributed by atoms with E-state index in [9.17, 15) is 8.42 Å². The van der Waals surface area contributed by atoms with Crippen LogP contribution in [0.2, 0.25) is 0 Å². The van der Waals surface area contributed by atoms with Crippen molar-refractivity contribution in [2.75, 3.05) is 11.5 Å². The van der Waals surface area contributed by atoms with Gasteiger partial charge < -0.3 is 5.32 Å². The first-order chi connectivity index (χ1) is 9.12. The van der Waals surface area contributed by atoms with Gasteiger partial charge in [0, 0.05) is 11.6 Å². The lowest BCUT2D eigenvalue weighted by Crippen LogP contribution is -2.45. The molecule has 4 heteroatoms. The molecule has 0 aliphatic carbocycles. The highest BCUT2D eigenvalue weighted by Gasteiger charge is 2.39. The van der Waals surface area contributed by atoms with Gasteiger partial charge in [-0.05, 0) is 57.7 Å². The highest BCUT2D eigenvalue weighted by Crippen LogP contribution is 2.29. The van der Waals surface area contributed by atoms with Crippen molar-refractivity contribution in [1.82, 2.24) is 5.32 Å². The molecule has 1 aliphatic rings. The first kappa shape index (κ1) is 15.5. The molecule has 0 amide bonds. The second kappa shape index (κ2) is 5.15. The van der Waals surface area contributed by atoms with Crippen molar-refractivity contribution in [3.05, 3.63) is 34.4 Å². The zero-order chi connectivity index (χ0) is 15.1. The smallest absolute Gasteiger partial charge is 0.152 e. The van der Waals surface area contributed by atoms with Crippen molar-refractivity contribution in [3.8, 4) is 0 Å². The van der Waals surface area contributed by atoms with Crippen LogP contribution < -0.4 is 5.32 Å². The molecule has 2 unspecified atom stereocenters. The van der Waals surface area contributed by atoms with Gasteiger partial charge in [0.25, 0.3) is 0 Å². The van der Waals surface area contributed by atoms with Crippen molar-refractivity contribution in [2.45, 2.75) is 52.6 Å². The summed E-state index contributed by atoms with van der Waals surface area (Å²) < 4.78 is 23.4. The SMILES string of the molecule is Cc1cc(C)c(C(C)NC2(C)CCS(=O)(=O)C2)c(C)c1. The number of sulfone groups is 1. The number of aryl methyl sites for hydroxylation is 3. The van der Waals surface area contributed by atoms with Gasteiger partial charge in [0.15, 0.2) is 9.84 Å². The summed E-state index contributed by atoms with van der Waals surface area (Å²) in [5.41, 5.74) is 4.80. The Morgan fingerprint density at radius 2 is 1.75 bits per heavy atom. The molecule has 0 aromatic heterocycles. The van der Waals surface area contributed by atoms with Crippen LogP contribution in [0.3, 0.4) is 0 Å². The summed E-state index contributed by atoms with van der Waals surface area (Å²) in [6.07, 6.45) is 0.698. The van der Waals surface area contributed by atoms with E-state index < -0.39 is 9.84 Å². The average molecular weight is 295 g/mol. The maximum Gasteiger partial charge on any atom is 0.152 e. The van der Waals surface area contributed by atoms with E-state index in [-0.39, 0.29) is 17.3 Å². The fourth-order valence-corrected chi connectivity index (χ4v) is 5.70. The van der Waals surface area contributed by atoms with Gasteiger partial charge in [-0.3, -0.25) is 0 Å². The summed E-state index contributed by atoms with van der Waals surface area (Å²) in [7, 11) is -2.87. The van der Waals surface area contributed by atoms with E-state index in [4.69, 9.17) is 0 Å². The fraction of sp³-hybridized carbons (Fsp3) is 0.625. The van der Waals surface area contributed by atoms with E-state index in [1.807, 2.05) is 6.92 Å². The molecular weight excluding hydrogens is 270 g/mol. The number of rotatable bonds is 3. The first-order valence-electron chi connectivity index (χ1n) is 7.18. The van der Waals surface area contributed by atoms with Crippen LogP contribution in [-0.4, -0.2) is 25.5 Å². The van der Waals surface area contributed by atoms with Gasteiger partial charge in [-0.25, -0.2) is 8.42 Å². The summed E-state index contributed by atoms with van der Waals surface area (Å²) in [6, 6.07) is 4.54. The largest absolute Gasteiger partial charge is 0.304 e. The van der Waals surface area contributed by atoms with Gasteiger partial charge in [-0.15, -0.1) is 0 Å². The molecular formula is C16H25NO2S. The summed E-state index contributed by atoms with van der Waals surface area (Å²) in [5.74, 6) is 0.545. The molecule has 112 valence electrons. The highest BCUT2D eigenvalue weighted by molar-refractivity contribution is 7.91. The van der Waals surface area contributed by atoms with Crippen molar-refractivity contribution < 1.29 is 8.42 Å². The minimum absolute atomic E-state index is 0.161. The molecule has 1 aromatic carbocycles. The van der Waals surface area contributed by atoms with Crippen LogP contribution in [0.4, 0.5) is 0 Å². The van der Waals surface area contributed by atoms with E-state index >= 15 is 0 Å². The van der Waals surface area contributed by atoms with Crippen LogP contribution in [0.5, 0.6) is 0 Å². The Morgan fingerprint density at radius 1 is 1.20 bits per heavy atom. The molecule has 1 N–H and O–H groups in total.